The van der Waals surface area contributed by atoms with E-state index in [0.717, 1.165) is 30.1 Å². The Balaban J connectivity index is 1.53. The second-order valence-electron chi connectivity index (χ2n) is 7.33. The first kappa shape index (κ1) is 18.5. The number of nitrogens with zero attached hydrogens (tertiary/aromatic N) is 3. The monoisotopic (exact) mass is 357 g/mol. The second-order valence-corrected chi connectivity index (χ2v) is 7.33. The maximum absolute atomic E-state index is 10.7. The number of hydrogen-bond acceptors (Lipinski definition) is 5. The van der Waals surface area contributed by atoms with Gasteiger partial charge in [-0.1, -0.05) is 44.2 Å². The highest BCUT2D eigenvalue weighted by atomic mass is 16.6. The molecule has 6 nitrogen and oxygen atoms in total. The average Bonchev–Trinajstić information content (AvgIpc) is 3.16. The molecule has 0 bridgehead atoms. The maximum atomic E-state index is 10.7. The molecule has 1 aromatic heterocycles. The van der Waals surface area contributed by atoms with E-state index < -0.39 is 4.92 Å². The van der Waals surface area contributed by atoms with Gasteiger partial charge in [0, 0.05) is 23.6 Å². The van der Waals surface area contributed by atoms with Crippen molar-refractivity contribution in [3.63, 3.8) is 0 Å². The van der Waals surface area contributed by atoms with Crippen LogP contribution in [-0.4, -0.2) is 15.1 Å². The standard InChI is InChI=1S/C20H27N3O3/c1-2-3-4-5-6-15-7-9-16(10-8-15)19-21-20(26-22-19)17-11-13-18(14-12-17)23(24)25/h11-16H,2-10H2,1H3. The highest BCUT2D eigenvalue weighted by Gasteiger charge is 2.26. The van der Waals surface area contributed by atoms with Crippen LogP contribution in [0.2, 0.25) is 0 Å². The number of rotatable bonds is 8. The summed E-state index contributed by atoms with van der Waals surface area (Å²) in [4.78, 5) is 14.9. The van der Waals surface area contributed by atoms with Crippen LogP contribution in [-0.2, 0) is 0 Å². The average molecular weight is 357 g/mol. The molecule has 0 unspecified atom stereocenters. The molecule has 6 heteroatoms. The van der Waals surface area contributed by atoms with Crippen LogP contribution in [0.15, 0.2) is 28.8 Å². The summed E-state index contributed by atoms with van der Waals surface area (Å²) in [6, 6.07) is 6.23. The number of benzene rings is 1. The molecule has 1 aliphatic rings. The van der Waals surface area contributed by atoms with E-state index in [4.69, 9.17) is 4.52 Å². The van der Waals surface area contributed by atoms with Crippen LogP contribution in [0.1, 0.15) is 76.5 Å². The van der Waals surface area contributed by atoms with E-state index in [-0.39, 0.29) is 5.69 Å². The summed E-state index contributed by atoms with van der Waals surface area (Å²) in [5.74, 6) is 2.45. The van der Waals surface area contributed by atoms with Crippen molar-refractivity contribution < 1.29 is 9.45 Å². The lowest BCUT2D eigenvalue weighted by Crippen LogP contribution is -2.14. The van der Waals surface area contributed by atoms with Gasteiger partial charge in [0.05, 0.1) is 4.92 Å². The zero-order valence-corrected chi connectivity index (χ0v) is 15.4. The number of nitro benzene ring substituents is 1. The number of aromatic nitrogens is 2. The molecule has 0 N–H and O–H groups in total. The largest absolute Gasteiger partial charge is 0.334 e. The summed E-state index contributed by atoms with van der Waals surface area (Å²) in [6.45, 7) is 2.25. The highest BCUT2D eigenvalue weighted by Crippen LogP contribution is 2.37. The molecule has 2 aromatic rings. The van der Waals surface area contributed by atoms with Gasteiger partial charge in [0.25, 0.3) is 11.6 Å². The minimum Gasteiger partial charge on any atom is -0.334 e. The Morgan fingerprint density at radius 2 is 1.85 bits per heavy atom. The molecule has 0 atom stereocenters. The first-order valence-electron chi connectivity index (χ1n) is 9.75. The van der Waals surface area contributed by atoms with Gasteiger partial charge in [-0.2, -0.15) is 4.98 Å². The van der Waals surface area contributed by atoms with Crippen LogP contribution in [0, 0.1) is 16.0 Å². The SMILES string of the molecule is CCCCCCC1CCC(c2noc(-c3ccc([N+](=O)[O-])cc3)n2)CC1. The molecule has 1 aromatic carbocycles. The topological polar surface area (TPSA) is 82.1 Å². The molecular weight excluding hydrogens is 330 g/mol. The first-order chi connectivity index (χ1) is 12.7. The lowest BCUT2D eigenvalue weighted by Gasteiger charge is -2.26. The number of non-ortho nitro benzene ring substituents is 1. The Morgan fingerprint density at radius 1 is 1.12 bits per heavy atom. The van der Waals surface area contributed by atoms with Gasteiger partial charge in [0.2, 0.25) is 0 Å². The van der Waals surface area contributed by atoms with Crippen molar-refractivity contribution in [3.8, 4) is 11.5 Å². The van der Waals surface area contributed by atoms with Crippen molar-refractivity contribution in [2.24, 2.45) is 5.92 Å². The second kappa shape index (κ2) is 8.92. The van der Waals surface area contributed by atoms with Crippen LogP contribution >= 0.6 is 0 Å². The third-order valence-electron chi connectivity index (χ3n) is 5.44. The smallest absolute Gasteiger partial charge is 0.269 e. The summed E-state index contributed by atoms with van der Waals surface area (Å²) in [7, 11) is 0. The molecule has 1 fully saturated rings. The molecule has 0 spiro atoms. The van der Waals surface area contributed by atoms with Crippen LogP contribution in [0.25, 0.3) is 11.5 Å². The Hall–Kier alpha value is -2.24. The Morgan fingerprint density at radius 3 is 2.50 bits per heavy atom. The normalized spacial score (nSPS) is 20.2. The molecule has 26 heavy (non-hydrogen) atoms. The third-order valence-corrected chi connectivity index (χ3v) is 5.44. The van der Waals surface area contributed by atoms with Crippen molar-refractivity contribution in [1.82, 2.24) is 10.1 Å². The summed E-state index contributed by atoms with van der Waals surface area (Å²) >= 11 is 0. The highest BCUT2D eigenvalue weighted by molar-refractivity contribution is 5.55. The van der Waals surface area contributed by atoms with Crippen molar-refractivity contribution in [1.29, 1.82) is 0 Å². The molecule has 0 saturated heterocycles. The quantitative estimate of drug-likeness (QED) is 0.334. The zero-order valence-electron chi connectivity index (χ0n) is 15.4. The minimum atomic E-state index is -0.413. The van der Waals surface area contributed by atoms with Gasteiger partial charge in [-0.25, -0.2) is 0 Å². The van der Waals surface area contributed by atoms with E-state index in [1.807, 2.05) is 0 Å². The van der Waals surface area contributed by atoms with E-state index in [0.29, 0.717) is 11.8 Å². The fraction of sp³-hybridized carbons (Fsp3) is 0.600. The molecular formula is C20H27N3O3. The van der Waals surface area contributed by atoms with Crippen LogP contribution in [0.5, 0.6) is 0 Å². The van der Waals surface area contributed by atoms with Gasteiger partial charge in [-0.15, -0.1) is 0 Å². The predicted octanol–water partition coefficient (Wildman–Crippen LogP) is 5.89. The van der Waals surface area contributed by atoms with E-state index in [1.54, 1.807) is 12.1 Å². The molecule has 0 radical (unpaired) electrons. The number of unbranched alkanes of at least 4 members (excludes halogenated alkanes) is 3. The van der Waals surface area contributed by atoms with E-state index in [2.05, 4.69) is 17.1 Å². The third kappa shape index (κ3) is 4.68. The summed E-state index contributed by atoms with van der Waals surface area (Å²) in [5, 5.41) is 14.9. The minimum absolute atomic E-state index is 0.0609. The van der Waals surface area contributed by atoms with Crippen LogP contribution in [0.4, 0.5) is 5.69 Å². The van der Waals surface area contributed by atoms with Gasteiger partial charge < -0.3 is 4.52 Å². The van der Waals surface area contributed by atoms with Gasteiger partial charge in [-0.3, -0.25) is 10.1 Å². The number of hydrogen-bond donors (Lipinski definition) is 0. The van der Waals surface area contributed by atoms with Crippen molar-refractivity contribution in [3.05, 3.63) is 40.2 Å². The summed E-state index contributed by atoms with van der Waals surface area (Å²) in [6.07, 6.45) is 11.5. The predicted molar refractivity (Wildman–Crippen MR) is 99.8 cm³/mol. The van der Waals surface area contributed by atoms with Crippen molar-refractivity contribution >= 4 is 5.69 Å². The molecule has 1 aliphatic carbocycles. The Kier molecular flexibility index (Phi) is 6.36. The van der Waals surface area contributed by atoms with Gasteiger partial charge in [-0.05, 0) is 43.7 Å². The van der Waals surface area contributed by atoms with Crippen molar-refractivity contribution in [2.45, 2.75) is 70.6 Å². The molecule has 0 aliphatic heterocycles. The molecule has 1 heterocycles. The van der Waals surface area contributed by atoms with Crippen LogP contribution < -0.4 is 0 Å². The van der Waals surface area contributed by atoms with Crippen molar-refractivity contribution in [2.75, 3.05) is 0 Å². The Bertz CT molecular complexity index is 703. The molecule has 140 valence electrons. The maximum Gasteiger partial charge on any atom is 0.269 e. The van der Waals surface area contributed by atoms with E-state index in [1.165, 1.54) is 57.1 Å². The fourth-order valence-electron chi connectivity index (χ4n) is 3.81. The molecule has 0 amide bonds. The fourth-order valence-corrected chi connectivity index (χ4v) is 3.81. The molecule has 1 saturated carbocycles. The van der Waals surface area contributed by atoms with Crippen LogP contribution in [0.3, 0.4) is 0 Å². The summed E-state index contributed by atoms with van der Waals surface area (Å²) < 4.78 is 5.39. The first-order valence-corrected chi connectivity index (χ1v) is 9.75. The lowest BCUT2D eigenvalue weighted by atomic mass is 9.79. The van der Waals surface area contributed by atoms with Gasteiger partial charge >= 0.3 is 0 Å². The Labute approximate surface area is 154 Å². The van der Waals surface area contributed by atoms with E-state index >= 15 is 0 Å². The van der Waals surface area contributed by atoms with Gasteiger partial charge in [0.1, 0.15) is 0 Å². The lowest BCUT2D eigenvalue weighted by molar-refractivity contribution is -0.384. The summed E-state index contributed by atoms with van der Waals surface area (Å²) in [5.41, 5.74) is 0.782. The molecule has 3 rings (SSSR count). The number of nitro groups is 1. The zero-order chi connectivity index (χ0) is 18.4. The van der Waals surface area contributed by atoms with E-state index in [9.17, 15) is 10.1 Å². The van der Waals surface area contributed by atoms with Gasteiger partial charge in [0.15, 0.2) is 5.82 Å².